The molecule has 0 amide bonds. The molecule has 2 nitrogen and oxygen atoms in total. The molecule has 2 aliphatic rings. The Hall–Kier alpha value is 0.210. The summed E-state index contributed by atoms with van der Waals surface area (Å²) in [5, 5.41) is 3.72. The van der Waals surface area contributed by atoms with E-state index in [1.54, 1.807) is 0 Å². The van der Waals surface area contributed by atoms with Crippen LogP contribution in [0.5, 0.6) is 0 Å². The van der Waals surface area contributed by atoms with Crippen molar-refractivity contribution < 1.29 is 0 Å². The Labute approximate surface area is 113 Å². The molecule has 0 aromatic rings. The summed E-state index contributed by atoms with van der Waals surface area (Å²) in [7, 11) is 4.45. The van der Waals surface area contributed by atoms with Crippen LogP contribution >= 0.6 is 12.4 Å². The Bertz CT molecular complexity index is 196. The lowest BCUT2D eigenvalue weighted by Gasteiger charge is -2.27. The summed E-state index contributed by atoms with van der Waals surface area (Å²) >= 11 is 0. The molecule has 0 bridgehead atoms. The van der Waals surface area contributed by atoms with Gasteiger partial charge in [-0.25, -0.2) is 0 Å². The highest BCUT2D eigenvalue weighted by Gasteiger charge is 2.32. The molecule has 0 aromatic carbocycles. The molecule has 2 aliphatic carbocycles. The Kier molecular flexibility index (Phi) is 6.83. The van der Waals surface area contributed by atoms with E-state index in [-0.39, 0.29) is 12.4 Å². The average Bonchev–Trinajstić information content (AvgIpc) is 3.09. The third kappa shape index (κ3) is 5.15. The monoisotopic (exact) mass is 260 g/mol. The number of hydrogen-bond donors (Lipinski definition) is 1. The van der Waals surface area contributed by atoms with Crippen molar-refractivity contribution in [2.75, 3.05) is 27.2 Å². The minimum absolute atomic E-state index is 0. The molecule has 0 spiro atoms. The largest absolute Gasteiger partial charge is 0.315 e. The molecule has 0 heterocycles. The Morgan fingerprint density at radius 1 is 1.06 bits per heavy atom. The van der Waals surface area contributed by atoms with Gasteiger partial charge >= 0.3 is 0 Å². The van der Waals surface area contributed by atoms with Crippen molar-refractivity contribution in [1.29, 1.82) is 0 Å². The van der Waals surface area contributed by atoms with Crippen molar-refractivity contribution in [3.8, 4) is 0 Å². The highest BCUT2D eigenvalue weighted by Crippen LogP contribution is 2.34. The lowest BCUT2D eigenvalue weighted by Crippen LogP contribution is -2.41. The maximum Gasteiger partial charge on any atom is 0.0242 e. The molecule has 102 valence electrons. The van der Waals surface area contributed by atoms with Gasteiger partial charge in [-0.3, -0.25) is 0 Å². The first-order valence-corrected chi connectivity index (χ1v) is 7.14. The predicted molar refractivity (Wildman–Crippen MR) is 76.9 cm³/mol. The van der Waals surface area contributed by atoms with E-state index in [9.17, 15) is 0 Å². The third-order valence-corrected chi connectivity index (χ3v) is 4.34. The normalized spacial score (nSPS) is 23.5. The maximum absolute atomic E-state index is 3.72. The van der Waals surface area contributed by atoms with Crippen LogP contribution in [-0.4, -0.2) is 38.1 Å². The fourth-order valence-corrected chi connectivity index (χ4v) is 3.08. The lowest BCUT2D eigenvalue weighted by molar-refractivity contribution is 0.246. The van der Waals surface area contributed by atoms with Gasteiger partial charge in [0.15, 0.2) is 0 Å². The van der Waals surface area contributed by atoms with Gasteiger partial charge in [-0.1, -0.05) is 19.3 Å². The van der Waals surface area contributed by atoms with Gasteiger partial charge in [0.05, 0.1) is 0 Å². The van der Waals surface area contributed by atoms with Crippen LogP contribution in [0.2, 0.25) is 0 Å². The molecule has 3 heteroatoms. The topological polar surface area (TPSA) is 15.3 Å². The van der Waals surface area contributed by atoms with E-state index in [1.165, 1.54) is 58.0 Å². The van der Waals surface area contributed by atoms with Gasteiger partial charge in [-0.2, -0.15) is 0 Å². The molecule has 0 aliphatic heterocycles. The Morgan fingerprint density at radius 2 is 1.71 bits per heavy atom. The number of nitrogens with one attached hydrogen (secondary N) is 1. The van der Waals surface area contributed by atoms with Crippen LogP contribution in [0.3, 0.4) is 0 Å². The van der Waals surface area contributed by atoms with Crippen molar-refractivity contribution in [2.45, 2.75) is 51.0 Å². The summed E-state index contributed by atoms with van der Waals surface area (Å²) in [4.78, 5) is 2.41. The maximum atomic E-state index is 3.72. The van der Waals surface area contributed by atoms with E-state index >= 15 is 0 Å². The zero-order valence-electron chi connectivity index (χ0n) is 11.5. The van der Waals surface area contributed by atoms with E-state index in [4.69, 9.17) is 0 Å². The van der Waals surface area contributed by atoms with Gasteiger partial charge < -0.3 is 10.2 Å². The van der Waals surface area contributed by atoms with Crippen LogP contribution < -0.4 is 5.32 Å². The van der Waals surface area contributed by atoms with Gasteiger partial charge in [0.1, 0.15) is 0 Å². The van der Waals surface area contributed by atoms with Crippen LogP contribution in [0, 0.1) is 11.8 Å². The van der Waals surface area contributed by atoms with Crippen molar-refractivity contribution in [2.24, 2.45) is 11.8 Å². The van der Waals surface area contributed by atoms with Gasteiger partial charge in [0.2, 0.25) is 0 Å². The van der Waals surface area contributed by atoms with E-state index in [1.807, 2.05) is 0 Å². The van der Waals surface area contributed by atoms with Crippen LogP contribution in [0.1, 0.15) is 44.9 Å². The van der Waals surface area contributed by atoms with E-state index < -0.39 is 0 Å². The predicted octanol–water partition coefficient (Wildman–Crippen LogP) is 2.92. The van der Waals surface area contributed by atoms with Crippen molar-refractivity contribution in [1.82, 2.24) is 10.2 Å². The second kappa shape index (κ2) is 7.60. The smallest absolute Gasteiger partial charge is 0.0242 e. The van der Waals surface area contributed by atoms with Crippen molar-refractivity contribution in [3.05, 3.63) is 0 Å². The first-order chi connectivity index (χ1) is 7.77. The molecule has 0 aromatic heterocycles. The van der Waals surface area contributed by atoms with Gasteiger partial charge in [-0.05, 0) is 58.2 Å². The zero-order chi connectivity index (χ0) is 11.4. The van der Waals surface area contributed by atoms with Crippen LogP contribution in [-0.2, 0) is 0 Å². The second-order valence-corrected chi connectivity index (χ2v) is 6.03. The standard InChI is InChI=1S/C14H28N2.ClH/c1-16(2)14(13-8-9-13)11-15-10-12-6-4-3-5-7-12;/h12-15H,3-11H2,1-2H3;1H. The zero-order valence-corrected chi connectivity index (χ0v) is 12.3. The fraction of sp³-hybridized carbons (Fsp3) is 1.00. The molecule has 2 saturated carbocycles. The summed E-state index contributed by atoms with van der Waals surface area (Å²) in [5.74, 6) is 1.95. The minimum Gasteiger partial charge on any atom is -0.315 e. The van der Waals surface area contributed by atoms with Crippen molar-refractivity contribution >= 4 is 12.4 Å². The molecule has 1 N–H and O–H groups in total. The number of halogens is 1. The van der Waals surface area contributed by atoms with Gasteiger partial charge in [-0.15, -0.1) is 12.4 Å². The number of rotatable bonds is 6. The van der Waals surface area contributed by atoms with E-state index in [0.717, 1.165) is 17.9 Å². The minimum atomic E-state index is 0. The summed E-state index contributed by atoms with van der Waals surface area (Å²) in [5.41, 5.74) is 0. The highest BCUT2D eigenvalue weighted by molar-refractivity contribution is 5.85. The molecule has 0 radical (unpaired) electrons. The summed E-state index contributed by atoms with van der Waals surface area (Å²) in [6, 6.07) is 0.781. The first-order valence-electron chi connectivity index (χ1n) is 7.14. The van der Waals surface area contributed by atoms with Crippen molar-refractivity contribution in [3.63, 3.8) is 0 Å². The van der Waals surface area contributed by atoms with E-state index in [2.05, 4.69) is 24.3 Å². The van der Waals surface area contributed by atoms with Gasteiger partial charge in [0, 0.05) is 12.6 Å². The molecule has 1 atom stereocenters. The summed E-state index contributed by atoms with van der Waals surface area (Å²) in [6.45, 7) is 2.46. The van der Waals surface area contributed by atoms with Crippen LogP contribution in [0.4, 0.5) is 0 Å². The molecular formula is C14H29ClN2. The number of nitrogens with zero attached hydrogens (tertiary/aromatic N) is 1. The fourth-order valence-electron chi connectivity index (χ4n) is 3.08. The molecule has 0 saturated heterocycles. The third-order valence-electron chi connectivity index (χ3n) is 4.34. The summed E-state index contributed by atoms with van der Waals surface area (Å²) < 4.78 is 0. The van der Waals surface area contributed by atoms with Crippen LogP contribution in [0.25, 0.3) is 0 Å². The van der Waals surface area contributed by atoms with Crippen LogP contribution in [0.15, 0.2) is 0 Å². The quantitative estimate of drug-likeness (QED) is 0.790. The highest BCUT2D eigenvalue weighted by atomic mass is 35.5. The van der Waals surface area contributed by atoms with E-state index in [0.29, 0.717) is 0 Å². The molecular weight excluding hydrogens is 232 g/mol. The average molecular weight is 261 g/mol. The molecule has 2 fully saturated rings. The second-order valence-electron chi connectivity index (χ2n) is 6.03. The number of likely N-dealkylation sites (N-methyl/N-ethyl adjacent to an activating group) is 1. The summed E-state index contributed by atoms with van der Waals surface area (Å²) in [6.07, 6.45) is 10.2. The number of hydrogen-bond acceptors (Lipinski definition) is 2. The molecule has 17 heavy (non-hydrogen) atoms. The Balaban J connectivity index is 0.00000144. The molecule has 1 unspecified atom stereocenters. The van der Waals surface area contributed by atoms with Gasteiger partial charge in [0.25, 0.3) is 0 Å². The molecule has 2 rings (SSSR count). The first kappa shape index (κ1) is 15.3. The Morgan fingerprint density at radius 3 is 2.24 bits per heavy atom. The lowest BCUT2D eigenvalue weighted by atomic mass is 9.89. The SMILES string of the molecule is CN(C)C(CNCC1CCCCC1)C1CC1.Cl.